The first-order valence-corrected chi connectivity index (χ1v) is 7.20. The first kappa shape index (κ1) is 14.4. The van der Waals surface area contributed by atoms with Crippen LogP contribution in [0.15, 0.2) is 29.8 Å². The van der Waals surface area contributed by atoms with Gasteiger partial charge in [-0.2, -0.15) is 0 Å². The van der Waals surface area contributed by atoms with Gasteiger partial charge in [0.15, 0.2) is 0 Å². The minimum atomic E-state index is -0.868. The fourth-order valence-electron chi connectivity index (χ4n) is 2.66. The average molecular weight is 299 g/mol. The van der Waals surface area contributed by atoms with Crippen LogP contribution in [-0.4, -0.2) is 11.1 Å². The Morgan fingerprint density at radius 3 is 2.63 bits per heavy atom. The molecule has 2 nitrogen and oxygen atoms in total. The summed E-state index contributed by atoms with van der Waals surface area (Å²) in [5.74, 6) is -0.630. The number of aliphatic carboxylic acids is 1. The van der Waals surface area contributed by atoms with Gasteiger partial charge in [-0.05, 0) is 49.3 Å². The zero-order chi connectivity index (χ0) is 13.8. The third-order valence-corrected chi connectivity index (χ3v) is 4.32. The van der Waals surface area contributed by atoms with E-state index in [0.717, 1.165) is 43.2 Å². The van der Waals surface area contributed by atoms with Crippen molar-refractivity contribution in [2.24, 2.45) is 5.92 Å². The van der Waals surface area contributed by atoms with E-state index in [-0.39, 0.29) is 5.92 Å². The quantitative estimate of drug-likeness (QED) is 0.819. The molecule has 0 saturated heterocycles. The highest BCUT2D eigenvalue weighted by Crippen LogP contribution is 2.35. The van der Waals surface area contributed by atoms with Crippen molar-refractivity contribution >= 4 is 29.2 Å². The maximum absolute atomic E-state index is 10.9. The van der Waals surface area contributed by atoms with Crippen LogP contribution in [0.2, 0.25) is 10.0 Å². The van der Waals surface area contributed by atoms with Crippen molar-refractivity contribution in [2.45, 2.75) is 32.1 Å². The highest BCUT2D eigenvalue weighted by Gasteiger charge is 2.22. The van der Waals surface area contributed by atoms with Crippen LogP contribution in [-0.2, 0) is 11.2 Å². The van der Waals surface area contributed by atoms with Crippen molar-refractivity contribution in [1.82, 2.24) is 0 Å². The van der Waals surface area contributed by atoms with Crippen LogP contribution in [0, 0.1) is 5.92 Å². The molecule has 1 unspecified atom stereocenters. The van der Waals surface area contributed by atoms with Crippen LogP contribution in [0.25, 0.3) is 0 Å². The minimum Gasteiger partial charge on any atom is -0.478 e. The standard InChI is InChI=1S/C15H16Cl2O2/c16-13-6-3-7-14(17)12(13)8-10-4-1-2-5-11(10)9-15(18)19/h3,6-7,9-10H,1-2,4-5,8H2,(H,18,19). The van der Waals surface area contributed by atoms with Crippen LogP contribution in [0.3, 0.4) is 0 Å². The van der Waals surface area contributed by atoms with Gasteiger partial charge in [-0.1, -0.05) is 41.3 Å². The molecule has 0 heterocycles. The smallest absolute Gasteiger partial charge is 0.328 e. The van der Waals surface area contributed by atoms with Gasteiger partial charge in [0.05, 0.1) is 0 Å². The Morgan fingerprint density at radius 1 is 1.32 bits per heavy atom. The molecule has 1 fully saturated rings. The number of carboxylic acid groups (broad SMARTS) is 1. The number of hydrogen-bond donors (Lipinski definition) is 1. The molecular weight excluding hydrogens is 283 g/mol. The maximum Gasteiger partial charge on any atom is 0.328 e. The molecule has 102 valence electrons. The molecule has 1 aromatic carbocycles. The summed E-state index contributed by atoms with van der Waals surface area (Å²) in [6.45, 7) is 0. The summed E-state index contributed by atoms with van der Waals surface area (Å²) in [6.07, 6.45) is 6.13. The average Bonchev–Trinajstić information content (AvgIpc) is 2.35. The highest BCUT2D eigenvalue weighted by atomic mass is 35.5. The van der Waals surface area contributed by atoms with Gasteiger partial charge in [-0.15, -0.1) is 0 Å². The third kappa shape index (κ3) is 3.74. The lowest BCUT2D eigenvalue weighted by Gasteiger charge is -2.26. The van der Waals surface area contributed by atoms with Gasteiger partial charge in [0.1, 0.15) is 0 Å². The number of benzene rings is 1. The molecule has 0 bridgehead atoms. The van der Waals surface area contributed by atoms with Crippen molar-refractivity contribution in [3.05, 3.63) is 45.5 Å². The summed E-state index contributed by atoms with van der Waals surface area (Å²) in [4.78, 5) is 10.9. The number of rotatable bonds is 3. The zero-order valence-electron chi connectivity index (χ0n) is 10.5. The molecule has 1 N–H and O–H groups in total. The van der Waals surface area contributed by atoms with E-state index in [9.17, 15) is 4.79 Å². The Bertz CT molecular complexity index is 489. The van der Waals surface area contributed by atoms with Crippen LogP contribution in [0.4, 0.5) is 0 Å². The second-order valence-corrected chi connectivity index (χ2v) is 5.72. The fourth-order valence-corrected chi connectivity index (χ4v) is 3.22. The summed E-state index contributed by atoms with van der Waals surface area (Å²) >= 11 is 12.4. The summed E-state index contributed by atoms with van der Waals surface area (Å²) in [7, 11) is 0. The molecular formula is C15H16Cl2O2. The molecule has 0 radical (unpaired) electrons. The second-order valence-electron chi connectivity index (χ2n) is 4.90. The van der Waals surface area contributed by atoms with E-state index >= 15 is 0 Å². The van der Waals surface area contributed by atoms with Crippen LogP contribution in [0.1, 0.15) is 31.2 Å². The van der Waals surface area contributed by atoms with Crippen molar-refractivity contribution in [2.75, 3.05) is 0 Å². The van der Waals surface area contributed by atoms with Gasteiger partial charge in [0.25, 0.3) is 0 Å². The molecule has 19 heavy (non-hydrogen) atoms. The minimum absolute atomic E-state index is 0.238. The Kier molecular flexibility index (Phi) is 4.89. The van der Waals surface area contributed by atoms with E-state index in [2.05, 4.69) is 0 Å². The van der Waals surface area contributed by atoms with Gasteiger partial charge in [0.2, 0.25) is 0 Å². The monoisotopic (exact) mass is 298 g/mol. The van der Waals surface area contributed by atoms with E-state index in [4.69, 9.17) is 28.3 Å². The molecule has 0 amide bonds. The molecule has 1 aromatic rings. The Labute approximate surface area is 123 Å². The molecule has 0 aromatic heterocycles. The largest absolute Gasteiger partial charge is 0.478 e. The lowest BCUT2D eigenvalue weighted by Crippen LogP contribution is -2.14. The normalized spacial score (nSPS) is 21.6. The van der Waals surface area contributed by atoms with Crippen molar-refractivity contribution < 1.29 is 9.90 Å². The Balaban J connectivity index is 2.23. The zero-order valence-corrected chi connectivity index (χ0v) is 12.0. The SMILES string of the molecule is O=C(O)C=C1CCCCC1Cc1c(Cl)cccc1Cl. The van der Waals surface area contributed by atoms with Crippen molar-refractivity contribution in [3.8, 4) is 0 Å². The molecule has 1 atom stereocenters. The topological polar surface area (TPSA) is 37.3 Å². The number of halogens is 2. The Morgan fingerprint density at radius 2 is 2.00 bits per heavy atom. The highest BCUT2D eigenvalue weighted by molar-refractivity contribution is 6.36. The summed E-state index contributed by atoms with van der Waals surface area (Å²) in [6, 6.07) is 5.47. The molecule has 0 aliphatic heterocycles. The fraction of sp³-hybridized carbons (Fsp3) is 0.400. The molecule has 2 rings (SSSR count). The molecule has 1 aliphatic carbocycles. The van der Waals surface area contributed by atoms with Gasteiger partial charge < -0.3 is 5.11 Å². The molecule has 1 saturated carbocycles. The van der Waals surface area contributed by atoms with Crippen LogP contribution >= 0.6 is 23.2 Å². The number of allylic oxidation sites excluding steroid dienone is 1. The van der Waals surface area contributed by atoms with Gasteiger partial charge in [-0.25, -0.2) is 4.79 Å². The number of carboxylic acids is 1. The lowest BCUT2D eigenvalue weighted by molar-refractivity contribution is -0.131. The number of carbonyl (C=O) groups is 1. The molecule has 0 spiro atoms. The molecule has 1 aliphatic rings. The van der Waals surface area contributed by atoms with E-state index < -0.39 is 5.97 Å². The van der Waals surface area contributed by atoms with Crippen LogP contribution in [0.5, 0.6) is 0 Å². The first-order valence-electron chi connectivity index (χ1n) is 6.44. The van der Waals surface area contributed by atoms with E-state index in [1.807, 2.05) is 18.2 Å². The van der Waals surface area contributed by atoms with Crippen molar-refractivity contribution in [1.29, 1.82) is 0 Å². The van der Waals surface area contributed by atoms with Gasteiger partial charge in [-0.3, -0.25) is 0 Å². The lowest BCUT2D eigenvalue weighted by atomic mass is 9.80. The van der Waals surface area contributed by atoms with E-state index in [1.165, 1.54) is 6.08 Å². The predicted octanol–water partition coefficient (Wildman–Crippen LogP) is 4.74. The summed E-state index contributed by atoms with van der Waals surface area (Å²) in [5.41, 5.74) is 1.93. The van der Waals surface area contributed by atoms with Crippen molar-refractivity contribution in [3.63, 3.8) is 0 Å². The maximum atomic E-state index is 10.9. The van der Waals surface area contributed by atoms with Crippen LogP contribution < -0.4 is 0 Å². The number of hydrogen-bond acceptors (Lipinski definition) is 1. The second kappa shape index (κ2) is 6.44. The summed E-state index contributed by atoms with van der Waals surface area (Å²) in [5, 5.41) is 10.3. The van der Waals surface area contributed by atoms with Gasteiger partial charge in [0, 0.05) is 16.1 Å². The van der Waals surface area contributed by atoms with Gasteiger partial charge >= 0.3 is 5.97 Å². The van der Waals surface area contributed by atoms with E-state index in [1.54, 1.807) is 0 Å². The predicted molar refractivity (Wildman–Crippen MR) is 77.8 cm³/mol. The first-order chi connectivity index (χ1) is 9.08. The summed E-state index contributed by atoms with van der Waals surface area (Å²) < 4.78 is 0. The Hall–Kier alpha value is -0.990. The third-order valence-electron chi connectivity index (χ3n) is 3.61. The molecule has 4 heteroatoms. The van der Waals surface area contributed by atoms with E-state index in [0.29, 0.717) is 10.0 Å².